The number of aromatic hydroxyl groups is 1. The number of amides is 2. The molecule has 8 atom stereocenters. The molecule has 7 heteroatoms. The van der Waals surface area contributed by atoms with Gasteiger partial charge in [-0.15, -0.1) is 6.58 Å². The van der Waals surface area contributed by atoms with Crippen LogP contribution in [0.15, 0.2) is 36.9 Å². The number of imide groups is 1. The molecule has 190 valence electrons. The van der Waals surface area contributed by atoms with Gasteiger partial charge in [-0.3, -0.25) is 14.9 Å². The number of ether oxygens (including phenoxy) is 1. The summed E-state index contributed by atoms with van der Waals surface area (Å²) in [5, 5.41) is 23.3. The summed E-state index contributed by atoms with van der Waals surface area (Å²) in [6.45, 7) is 12.1. The van der Waals surface area contributed by atoms with E-state index in [-0.39, 0.29) is 40.3 Å². The van der Waals surface area contributed by atoms with E-state index >= 15 is 0 Å². The minimum Gasteiger partial charge on any atom is -0.508 e. The zero-order valence-electron chi connectivity index (χ0n) is 21.0. The maximum absolute atomic E-state index is 13.4. The SMILES string of the molecule is C=C[C@]1(C)C[C@@H](OC(=O)NC(=O)c2ccc(O)cc2)[C@]2(C)[C@H](C)CC[C@]3(CCC(=O)[C@H]32)[C@@H](C)[C@@H]1O. The first-order valence-corrected chi connectivity index (χ1v) is 12.5. The largest absolute Gasteiger partial charge is 0.508 e. The van der Waals surface area contributed by atoms with Crippen LogP contribution in [-0.4, -0.2) is 40.2 Å². The molecule has 4 rings (SSSR count). The number of alkyl carbamates (subject to hydrolysis) is 1. The summed E-state index contributed by atoms with van der Waals surface area (Å²) in [5.41, 5.74) is -1.54. The highest BCUT2D eigenvalue weighted by molar-refractivity contribution is 6.02. The van der Waals surface area contributed by atoms with Gasteiger partial charge in [0.25, 0.3) is 5.91 Å². The van der Waals surface area contributed by atoms with Crippen LogP contribution in [-0.2, 0) is 9.53 Å². The second-order valence-corrected chi connectivity index (χ2v) is 11.5. The number of Topliss-reactive ketones (excluding diaryl/α,β-unsaturated/α-hetero) is 1. The van der Waals surface area contributed by atoms with Gasteiger partial charge in [0.05, 0.1) is 6.10 Å². The summed E-state index contributed by atoms with van der Waals surface area (Å²) < 4.78 is 6.00. The van der Waals surface area contributed by atoms with Gasteiger partial charge >= 0.3 is 6.09 Å². The minimum absolute atomic E-state index is 0.0130. The van der Waals surface area contributed by atoms with Crippen molar-refractivity contribution in [2.45, 2.75) is 72.0 Å². The van der Waals surface area contributed by atoms with Crippen molar-refractivity contribution in [3.8, 4) is 5.75 Å². The Morgan fingerprint density at radius 3 is 2.46 bits per heavy atom. The van der Waals surface area contributed by atoms with Crippen molar-refractivity contribution in [1.29, 1.82) is 0 Å². The highest BCUT2D eigenvalue weighted by Crippen LogP contribution is 2.67. The van der Waals surface area contributed by atoms with Crippen molar-refractivity contribution in [2.24, 2.45) is 34.0 Å². The van der Waals surface area contributed by atoms with Gasteiger partial charge in [-0.1, -0.05) is 33.8 Å². The van der Waals surface area contributed by atoms with Crippen molar-refractivity contribution >= 4 is 17.8 Å². The van der Waals surface area contributed by atoms with Gasteiger partial charge in [0, 0.05) is 28.7 Å². The summed E-state index contributed by atoms with van der Waals surface area (Å²) >= 11 is 0. The van der Waals surface area contributed by atoms with Crippen molar-refractivity contribution in [1.82, 2.24) is 5.32 Å². The molecule has 35 heavy (non-hydrogen) atoms. The van der Waals surface area contributed by atoms with Crippen LogP contribution < -0.4 is 5.32 Å². The summed E-state index contributed by atoms with van der Waals surface area (Å²) in [6, 6.07) is 5.55. The van der Waals surface area contributed by atoms with E-state index in [0.717, 1.165) is 19.3 Å². The van der Waals surface area contributed by atoms with Gasteiger partial charge in [-0.2, -0.15) is 0 Å². The van der Waals surface area contributed by atoms with E-state index in [1.165, 1.54) is 24.3 Å². The molecule has 0 spiro atoms. The minimum atomic E-state index is -0.891. The number of carbonyl (C=O) groups excluding carboxylic acids is 3. The monoisotopic (exact) mass is 483 g/mol. The van der Waals surface area contributed by atoms with Crippen LogP contribution >= 0.6 is 0 Å². The Labute approximate surface area is 206 Å². The summed E-state index contributed by atoms with van der Waals surface area (Å²) in [7, 11) is 0. The molecule has 0 saturated heterocycles. The first-order valence-electron chi connectivity index (χ1n) is 12.5. The number of ketones is 1. The lowest BCUT2D eigenvalue weighted by Gasteiger charge is -2.61. The van der Waals surface area contributed by atoms with E-state index < -0.39 is 35.0 Å². The molecule has 0 radical (unpaired) electrons. The van der Waals surface area contributed by atoms with Gasteiger partial charge in [-0.05, 0) is 67.2 Å². The molecule has 0 aliphatic heterocycles. The van der Waals surface area contributed by atoms with Gasteiger partial charge in [0.15, 0.2) is 0 Å². The number of phenols is 1. The smallest absolute Gasteiger partial charge is 0.414 e. The number of phenolic OH excluding ortho intramolecular Hbond substituents is 1. The Morgan fingerprint density at radius 1 is 1.17 bits per heavy atom. The summed E-state index contributed by atoms with van der Waals surface area (Å²) in [6.07, 6.45) is 2.60. The number of benzene rings is 1. The van der Waals surface area contributed by atoms with E-state index in [1.807, 2.05) is 13.8 Å². The zero-order valence-corrected chi connectivity index (χ0v) is 21.0. The molecule has 3 saturated carbocycles. The van der Waals surface area contributed by atoms with Crippen LogP contribution in [0.2, 0.25) is 0 Å². The Kier molecular flexibility index (Phi) is 6.37. The normalized spacial score (nSPS) is 40.7. The number of hydrogen-bond acceptors (Lipinski definition) is 6. The maximum Gasteiger partial charge on any atom is 0.414 e. The fraction of sp³-hybridized carbons (Fsp3) is 0.607. The van der Waals surface area contributed by atoms with E-state index in [2.05, 4.69) is 25.7 Å². The van der Waals surface area contributed by atoms with Crippen LogP contribution in [0.4, 0.5) is 4.79 Å². The highest BCUT2D eigenvalue weighted by atomic mass is 16.6. The average Bonchev–Trinajstić information content (AvgIpc) is 3.18. The van der Waals surface area contributed by atoms with E-state index in [1.54, 1.807) is 6.08 Å². The van der Waals surface area contributed by atoms with Crippen LogP contribution in [0.3, 0.4) is 0 Å². The standard InChI is InChI=1S/C28H37NO6/c1-6-26(4)15-21(35-25(34)29-24(33)18-7-9-19(30)10-8-18)27(5)16(2)11-13-28(17(3)23(26)32)14-12-20(31)22(27)28/h6-10,16-17,21-23,30,32H,1,11-15H2,2-5H3,(H,29,33,34)/t16-,17+,21-,22+,23+,26-,27+,28+/m1/s1. The molecule has 2 amide bonds. The number of aliphatic hydroxyl groups is 1. The third kappa shape index (κ3) is 3.88. The molecule has 3 aliphatic carbocycles. The number of aliphatic hydroxyl groups excluding tert-OH is 1. The Hall–Kier alpha value is -2.67. The molecule has 3 fully saturated rings. The highest BCUT2D eigenvalue weighted by Gasteiger charge is 2.68. The summed E-state index contributed by atoms with van der Waals surface area (Å²) in [4.78, 5) is 39.0. The van der Waals surface area contributed by atoms with Gasteiger partial charge in [-0.25, -0.2) is 4.79 Å². The molecule has 1 aromatic carbocycles. The molecular formula is C28H37NO6. The molecule has 0 unspecified atom stereocenters. The van der Waals surface area contributed by atoms with E-state index in [0.29, 0.717) is 12.8 Å². The van der Waals surface area contributed by atoms with Gasteiger partial charge in [0.1, 0.15) is 17.6 Å². The molecule has 7 nitrogen and oxygen atoms in total. The van der Waals surface area contributed by atoms with Gasteiger partial charge < -0.3 is 14.9 Å². The lowest BCUT2D eigenvalue weighted by atomic mass is 9.44. The lowest BCUT2D eigenvalue weighted by Crippen LogP contribution is -2.63. The Morgan fingerprint density at radius 2 is 1.83 bits per heavy atom. The molecule has 1 aromatic rings. The molecule has 0 aromatic heterocycles. The first-order chi connectivity index (χ1) is 16.4. The fourth-order valence-corrected chi connectivity index (χ4v) is 7.44. The zero-order chi connectivity index (χ0) is 25.8. The molecule has 0 heterocycles. The van der Waals surface area contributed by atoms with Crippen molar-refractivity contribution in [3.05, 3.63) is 42.5 Å². The van der Waals surface area contributed by atoms with Crippen LogP contribution in [0.25, 0.3) is 0 Å². The first kappa shape index (κ1) is 25.4. The predicted molar refractivity (Wildman–Crippen MR) is 131 cm³/mol. The molecule has 3 N–H and O–H groups in total. The van der Waals surface area contributed by atoms with Crippen LogP contribution in [0, 0.1) is 34.0 Å². The third-order valence-corrected chi connectivity index (χ3v) is 9.90. The Bertz CT molecular complexity index is 1040. The quantitative estimate of drug-likeness (QED) is 0.541. The lowest BCUT2D eigenvalue weighted by molar-refractivity contribution is -0.191. The van der Waals surface area contributed by atoms with E-state index in [9.17, 15) is 24.6 Å². The number of nitrogens with one attached hydrogen (secondary N) is 1. The van der Waals surface area contributed by atoms with Crippen molar-refractivity contribution in [3.63, 3.8) is 0 Å². The second kappa shape index (κ2) is 8.77. The van der Waals surface area contributed by atoms with Crippen LogP contribution in [0.1, 0.15) is 70.2 Å². The van der Waals surface area contributed by atoms with Crippen LogP contribution in [0.5, 0.6) is 5.75 Å². The maximum atomic E-state index is 13.4. The van der Waals surface area contributed by atoms with E-state index in [4.69, 9.17) is 4.74 Å². The van der Waals surface area contributed by atoms with Crippen molar-refractivity contribution in [2.75, 3.05) is 0 Å². The summed E-state index contributed by atoms with van der Waals surface area (Å²) in [5.74, 6) is -0.796. The molecular weight excluding hydrogens is 446 g/mol. The fourth-order valence-electron chi connectivity index (χ4n) is 7.44. The van der Waals surface area contributed by atoms with Gasteiger partial charge in [0.2, 0.25) is 0 Å². The molecule has 2 bridgehead atoms. The topological polar surface area (TPSA) is 113 Å². The predicted octanol–water partition coefficient (Wildman–Crippen LogP) is 4.62. The third-order valence-electron chi connectivity index (χ3n) is 9.90. The second-order valence-electron chi connectivity index (χ2n) is 11.5. The molecule has 3 aliphatic rings. The number of carbonyl (C=O) groups is 3. The average molecular weight is 484 g/mol. The number of hydrogen-bond donors (Lipinski definition) is 3. The number of rotatable bonds is 3. The Balaban J connectivity index is 1.70. The van der Waals surface area contributed by atoms with Crippen molar-refractivity contribution < 1.29 is 29.3 Å².